The van der Waals surface area contributed by atoms with Crippen LogP contribution in [-0.2, 0) is 11.8 Å². The Kier molecular flexibility index (Phi) is 4.73. The molecule has 0 aliphatic heterocycles. The lowest BCUT2D eigenvalue weighted by Crippen LogP contribution is -2.14. The summed E-state index contributed by atoms with van der Waals surface area (Å²) in [7, 11) is 1.90. The lowest BCUT2D eigenvalue weighted by atomic mass is 10.1. The van der Waals surface area contributed by atoms with E-state index in [1.807, 2.05) is 42.1 Å². The van der Waals surface area contributed by atoms with E-state index in [0.717, 1.165) is 11.4 Å². The number of aryl methyl sites for hydroxylation is 1. The number of aromatic nitrogens is 4. The van der Waals surface area contributed by atoms with E-state index in [9.17, 15) is 4.79 Å². The topological polar surface area (TPSA) is 72.7 Å². The number of benzene rings is 1. The van der Waals surface area contributed by atoms with Crippen molar-refractivity contribution < 1.29 is 4.79 Å². The van der Waals surface area contributed by atoms with Crippen molar-refractivity contribution in [1.29, 1.82) is 0 Å². The molecule has 1 amide bonds. The van der Waals surface area contributed by atoms with Crippen molar-refractivity contribution in [3.8, 4) is 11.4 Å². The molecule has 0 spiro atoms. The van der Waals surface area contributed by atoms with E-state index in [-0.39, 0.29) is 11.7 Å². The average Bonchev–Trinajstić information content (AvgIpc) is 3.15. The minimum atomic E-state index is -0.106. The first kappa shape index (κ1) is 15.7. The number of nitrogens with one attached hydrogen (secondary N) is 1. The second kappa shape index (κ2) is 6.93. The van der Waals surface area contributed by atoms with E-state index < -0.39 is 0 Å². The summed E-state index contributed by atoms with van der Waals surface area (Å²) in [5.74, 6) is 0.945. The molecule has 0 radical (unpaired) electrons. The molecule has 1 aromatic carbocycles. The molecular weight excluding hydrogens is 330 g/mol. The number of hydrogen-bond acceptors (Lipinski definition) is 6. The summed E-state index contributed by atoms with van der Waals surface area (Å²) in [6, 6.07) is 8.10. The molecule has 0 aliphatic carbocycles. The van der Waals surface area contributed by atoms with Crippen LogP contribution in [0.3, 0.4) is 0 Å². The summed E-state index contributed by atoms with van der Waals surface area (Å²) in [6.45, 7) is 2.04. The lowest BCUT2D eigenvalue weighted by molar-refractivity contribution is -0.113. The Morgan fingerprint density at radius 2 is 2.26 bits per heavy atom. The van der Waals surface area contributed by atoms with Crippen LogP contribution in [0.2, 0.25) is 0 Å². The molecule has 0 unspecified atom stereocenters. The highest BCUT2D eigenvalue weighted by Gasteiger charge is 2.13. The van der Waals surface area contributed by atoms with Gasteiger partial charge in [-0.3, -0.25) is 4.79 Å². The molecule has 0 saturated heterocycles. The summed E-state index contributed by atoms with van der Waals surface area (Å²) >= 11 is 2.74. The van der Waals surface area contributed by atoms with Gasteiger partial charge in [0.15, 0.2) is 16.1 Å². The number of thiazole rings is 1. The van der Waals surface area contributed by atoms with E-state index in [0.29, 0.717) is 10.3 Å². The summed E-state index contributed by atoms with van der Waals surface area (Å²) in [5.41, 5.74) is 2.18. The minimum Gasteiger partial charge on any atom is -0.305 e. The molecule has 2 heterocycles. The summed E-state index contributed by atoms with van der Waals surface area (Å²) in [4.78, 5) is 15.9. The van der Waals surface area contributed by atoms with Gasteiger partial charge in [0.25, 0.3) is 0 Å². The second-order valence-electron chi connectivity index (χ2n) is 4.91. The quantitative estimate of drug-likeness (QED) is 0.720. The Hall–Kier alpha value is -2.19. The van der Waals surface area contributed by atoms with E-state index in [4.69, 9.17) is 0 Å². The lowest BCUT2D eigenvalue weighted by Gasteiger charge is -2.04. The van der Waals surface area contributed by atoms with Crippen LogP contribution in [0.15, 0.2) is 41.0 Å². The maximum absolute atomic E-state index is 11.9. The van der Waals surface area contributed by atoms with Gasteiger partial charge in [-0.2, -0.15) is 0 Å². The Morgan fingerprint density at radius 3 is 3.00 bits per heavy atom. The normalized spacial score (nSPS) is 10.7. The van der Waals surface area contributed by atoms with Crippen LogP contribution in [0.1, 0.15) is 5.56 Å². The predicted molar refractivity (Wildman–Crippen MR) is 92.6 cm³/mol. The van der Waals surface area contributed by atoms with Crippen LogP contribution in [0.25, 0.3) is 11.4 Å². The molecular formula is C15H15N5OS2. The number of rotatable bonds is 5. The minimum absolute atomic E-state index is 0.106. The van der Waals surface area contributed by atoms with Gasteiger partial charge in [0, 0.05) is 24.2 Å². The number of thioether (sulfide) groups is 1. The summed E-state index contributed by atoms with van der Waals surface area (Å²) in [5, 5.41) is 14.3. The highest BCUT2D eigenvalue weighted by Crippen LogP contribution is 2.23. The van der Waals surface area contributed by atoms with E-state index in [2.05, 4.69) is 26.6 Å². The van der Waals surface area contributed by atoms with Crippen LogP contribution < -0.4 is 5.32 Å². The number of amides is 1. The molecule has 8 heteroatoms. The van der Waals surface area contributed by atoms with Crippen molar-refractivity contribution in [1.82, 2.24) is 19.7 Å². The molecule has 0 bridgehead atoms. The zero-order valence-electron chi connectivity index (χ0n) is 12.7. The SMILES string of the molecule is Cc1cccc(-c2nnc(SCC(=O)Nc3nccs3)n2C)c1. The van der Waals surface area contributed by atoms with Gasteiger partial charge in [-0.15, -0.1) is 21.5 Å². The van der Waals surface area contributed by atoms with Crippen LogP contribution in [0, 0.1) is 6.92 Å². The van der Waals surface area contributed by atoms with Gasteiger partial charge in [0.1, 0.15) is 0 Å². The zero-order chi connectivity index (χ0) is 16.2. The first-order chi connectivity index (χ1) is 11.1. The Bertz CT molecular complexity index is 813. The van der Waals surface area contributed by atoms with Gasteiger partial charge in [-0.25, -0.2) is 4.98 Å². The maximum atomic E-state index is 11.9. The third kappa shape index (κ3) is 3.77. The maximum Gasteiger partial charge on any atom is 0.236 e. The molecule has 0 atom stereocenters. The van der Waals surface area contributed by atoms with Gasteiger partial charge in [0.2, 0.25) is 5.91 Å². The van der Waals surface area contributed by atoms with Crippen LogP contribution in [-0.4, -0.2) is 31.4 Å². The van der Waals surface area contributed by atoms with Gasteiger partial charge in [0.05, 0.1) is 5.75 Å². The molecule has 0 fully saturated rings. The van der Waals surface area contributed by atoms with Crippen molar-refractivity contribution in [2.24, 2.45) is 7.05 Å². The Labute approximate surface area is 142 Å². The van der Waals surface area contributed by atoms with Crippen molar-refractivity contribution in [2.45, 2.75) is 12.1 Å². The predicted octanol–water partition coefficient (Wildman–Crippen LogP) is 2.98. The third-order valence-corrected chi connectivity index (χ3v) is 4.83. The Morgan fingerprint density at radius 1 is 1.39 bits per heavy atom. The van der Waals surface area contributed by atoms with Gasteiger partial charge < -0.3 is 9.88 Å². The molecule has 3 aromatic rings. The standard InChI is InChI=1S/C15H15N5OS2/c1-10-4-3-5-11(8-10)13-18-19-15(20(13)2)23-9-12(21)17-14-16-6-7-22-14/h3-8H,9H2,1-2H3,(H,16,17,21). The van der Waals surface area contributed by atoms with Crippen LogP contribution in [0.5, 0.6) is 0 Å². The summed E-state index contributed by atoms with van der Waals surface area (Å²) in [6.07, 6.45) is 1.66. The number of nitrogens with zero attached hydrogens (tertiary/aromatic N) is 4. The van der Waals surface area contributed by atoms with Crippen molar-refractivity contribution in [3.05, 3.63) is 41.4 Å². The van der Waals surface area contributed by atoms with Crippen LogP contribution >= 0.6 is 23.1 Å². The molecule has 0 saturated carbocycles. The molecule has 118 valence electrons. The molecule has 23 heavy (non-hydrogen) atoms. The van der Waals surface area contributed by atoms with E-state index >= 15 is 0 Å². The highest BCUT2D eigenvalue weighted by atomic mass is 32.2. The van der Waals surface area contributed by atoms with E-state index in [1.165, 1.54) is 28.7 Å². The monoisotopic (exact) mass is 345 g/mol. The number of carbonyl (C=O) groups is 1. The molecule has 0 aliphatic rings. The van der Waals surface area contributed by atoms with E-state index in [1.54, 1.807) is 6.20 Å². The smallest absolute Gasteiger partial charge is 0.236 e. The zero-order valence-corrected chi connectivity index (χ0v) is 14.3. The molecule has 6 nitrogen and oxygen atoms in total. The fraction of sp³-hybridized carbons (Fsp3) is 0.200. The Balaban J connectivity index is 1.66. The summed E-state index contributed by atoms with van der Waals surface area (Å²) < 4.78 is 1.90. The second-order valence-corrected chi connectivity index (χ2v) is 6.75. The van der Waals surface area contributed by atoms with Crippen molar-refractivity contribution in [3.63, 3.8) is 0 Å². The van der Waals surface area contributed by atoms with Gasteiger partial charge in [-0.1, -0.05) is 35.5 Å². The fourth-order valence-corrected chi connectivity index (χ4v) is 3.30. The number of hydrogen-bond donors (Lipinski definition) is 1. The van der Waals surface area contributed by atoms with Gasteiger partial charge >= 0.3 is 0 Å². The molecule has 2 aromatic heterocycles. The van der Waals surface area contributed by atoms with Crippen molar-refractivity contribution >= 4 is 34.1 Å². The average molecular weight is 345 g/mol. The molecule has 3 rings (SSSR count). The largest absolute Gasteiger partial charge is 0.305 e. The number of anilines is 1. The van der Waals surface area contributed by atoms with Crippen LogP contribution in [0.4, 0.5) is 5.13 Å². The fourth-order valence-electron chi connectivity index (χ4n) is 2.05. The molecule has 1 N–H and O–H groups in total. The number of carbonyl (C=O) groups excluding carboxylic acids is 1. The first-order valence-corrected chi connectivity index (χ1v) is 8.78. The van der Waals surface area contributed by atoms with Crippen molar-refractivity contribution in [2.75, 3.05) is 11.1 Å². The highest BCUT2D eigenvalue weighted by molar-refractivity contribution is 7.99. The van der Waals surface area contributed by atoms with Gasteiger partial charge in [-0.05, 0) is 13.0 Å². The first-order valence-electron chi connectivity index (χ1n) is 6.92. The third-order valence-electron chi connectivity index (χ3n) is 3.12.